The van der Waals surface area contributed by atoms with E-state index in [-0.39, 0.29) is 0 Å². The van der Waals surface area contributed by atoms with E-state index in [1.807, 2.05) is 31.2 Å². The molecule has 0 spiro atoms. The quantitative estimate of drug-likeness (QED) is 0.717. The van der Waals surface area contributed by atoms with Crippen LogP contribution in [0.1, 0.15) is 22.4 Å². The fourth-order valence-corrected chi connectivity index (χ4v) is 2.18. The highest BCUT2D eigenvalue weighted by molar-refractivity contribution is 6.09. The first-order valence-corrected chi connectivity index (χ1v) is 7.42. The number of rotatable bonds is 4. The zero-order valence-electron chi connectivity index (χ0n) is 13.1. The van der Waals surface area contributed by atoms with Gasteiger partial charge in [0, 0.05) is 17.4 Å². The van der Waals surface area contributed by atoms with Crippen LogP contribution in [0.2, 0.25) is 0 Å². The summed E-state index contributed by atoms with van der Waals surface area (Å²) in [5.74, 6) is 0.411. The van der Waals surface area contributed by atoms with Gasteiger partial charge < -0.3 is 5.32 Å². The maximum Gasteiger partial charge on any atom is 0.227 e. The van der Waals surface area contributed by atoms with E-state index in [0.717, 1.165) is 16.8 Å². The van der Waals surface area contributed by atoms with Crippen molar-refractivity contribution in [3.8, 4) is 6.07 Å². The SMILES string of the molecule is Cc1ccc(C(=N)c2ccnc(Nc3ccc(C#N)cc3)n2)cc1. The molecule has 1 heterocycles. The van der Waals surface area contributed by atoms with Crippen LogP contribution in [0.25, 0.3) is 0 Å². The topological polar surface area (TPSA) is 85.5 Å². The van der Waals surface area contributed by atoms with Crippen molar-refractivity contribution in [3.05, 3.63) is 83.2 Å². The van der Waals surface area contributed by atoms with Gasteiger partial charge in [0.05, 0.1) is 23.0 Å². The van der Waals surface area contributed by atoms with Gasteiger partial charge in [0.15, 0.2) is 0 Å². The first-order valence-electron chi connectivity index (χ1n) is 7.42. The number of hydrogen-bond acceptors (Lipinski definition) is 5. The summed E-state index contributed by atoms with van der Waals surface area (Å²) in [5.41, 5.74) is 4.23. The highest BCUT2D eigenvalue weighted by atomic mass is 15.1. The minimum absolute atomic E-state index is 0.347. The van der Waals surface area contributed by atoms with Crippen molar-refractivity contribution < 1.29 is 0 Å². The van der Waals surface area contributed by atoms with E-state index in [1.54, 1.807) is 36.5 Å². The number of hydrogen-bond donors (Lipinski definition) is 2. The molecular weight excluding hydrogens is 298 g/mol. The van der Waals surface area contributed by atoms with Crippen LogP contribution in [0.3, 0.4) is 0 Å². The third-order valence-corrected chi connectivity index (χ3v) is 3.52. The molecule has 5 heteroatoms. The van der Waals surface area contributed by atoms with Gasteiger partial charge in [-0.3, -0.25) is 5.41 Å². The van der Waals surface area contributed by atoms with Crippen molar-refractivity contribution in [1.82, 2.24) is 9.97 Å². The van der Waals surface area contributed by atoms with Gasteiger partial charge in [0.2, 0.25) is 5.95 Å². The molecule has 3 aromatic rings. The number of nitrogens with zero attached hydrogens (tertiary/aromatic N) is 3. The molecule has 3 rings (SSSR count). The van der Waals surface area contributed by atoms with Gasteiger partial charge in [-0.25, -0.2) is 9.97 Å². The molecule has 1 aromatic heterocycles. The van der Waals surface area contributed by atoms with E-state index in [2.05, 4.69) is 21.4 Å². The Morgan fingerprint density at radius 3 is 2.42 bits per heavy atom. The molecule has 0 fully saturated rings. The van der Waals surface area contributed by atoms with Gasteiger partial charge in [-0.2, -0.15) is 5.26 Å². The van der Waals surface area contributed by atoms with Crippen LogP contribution in [0, 0.1) is 23.7 Å². The van der Waals surface area contributed by atoms with Crippen LogP contribution in [0.15, 0.2) is 60.8 Å². The molecule has 24 heavy (non-hydrogen) atoms. The van der Waals surface area contributed by atoms with E-state index in [4.69, 9.17) is 10.7 Å². The number of nitriles is 1. The Bertz CT molecular complexity index is 906. The maximum atomic E-state index is 8.82. The molecule has 0 saturated carbocycles. The zero-order valence-corrected chi connectivity index (χ0v) is 13.1. The highest BCUT2D eigenvalue weighted by Crippen LogP contribution is 2.15. The normalized spacial score (nSPS) is 10.0. The molecule has 0 unspecified atom stereocenters. The summed E-state index contributed by atoms with van der Waals surface area (Å²) >= 11 is 0. The van der Waals surface area contributed by atoms with E-state index < -0.39 is 0 Å². The maximum absolute atomic E-state index is 8.82. The summed E-state index contributed by atoms with van der Waals surface area (Å²) < 4.78 is 0. The Hall–Kier alpha value is -3.52. The monoisotopic (exact) mass is 313 g/mol. The smallest absolute Gasteiger partial charge is 0.227 e. The summed E-state index contributed by atoms with van der Waals surface area (Å²) in [6.07, 6.45) is 1.62. The molecule has 2 aromatic carbocycles. The van der Waals surface area contributed by atoms with E-state index >= 15 is 0 Å². The second-order valence-corrected chi connectivity index (χ2v) is 5.32. The van der Waals surface area contributed by atoms with Crippen LogP contribution >= 0.6 is 0 Å². The minimum Gasteiger partial charge on any atom is -0.324 e. The van der Waals surface area contributed by atoms with Crippen LogP contribution in [0.5, 0.6) is 0 Å². The summed E-state index contributed by atoms with van der Waals surface area (Å²) in [4.78, 5) is 8.58. The van der Waals surface area contributed by atoms with Crippen LogP contribution in [-0.2, 0) is 0 Å². The lowest BCUT2D eigenvalue weighted by molar-refractivity contribution is 1.14. The van der Waals surface area contributed by atoms with Crippen molar-refractivity contribution in [2.45, 2.75) is 6.92 Å². The second-order valence-electron chi connectivity index (χ2n) is 5.32. The molecule has 0 amide bonds. The van der Waals surface area contributed by atoms with E-state index in [1.165, 1.54) is 0 Å². The lowest BCUT2D eigenvalue weighted by atomic mass is 10.1. The zero-order chi connectivity index (χ0) is 16.9. The highest BCUT2D eigenvalue weighted by Gasteiger charge is 2.08. The molecule has 2 N–H and O–H groups in total. The predicted octanol–water partition coefficient (Wildman–Crippen LogP) is 3.82. The van der Waals surface area contributed by atoms with Gasteiger partial charge in [-0.1, -0.05) is 29.8 Å². The van der Waals surface area contributed by atoms with Crippen LogP contribution in [0.4, 0.5) is 11.6 Å². The van der Waals surface area contributed by atoms with Crippen LogP contribution < -0.4 is 5.32 Å². The second kappa shape index (κ2) is 6.71. The largest absolute Gasteiger partial charge is 0.324 e. The van der Waals surface area contributed by atoms with Crippen molar-refractivity contribution >= 4 is 17.3 Å². The Balaban J connectivity index is 1.82. The first-order chi connectivity index (χ1) is 11.7. The molecule has 0 saturated heterocycles. The summed E-state index contributed by atoms with van der Waals surface area (Å²) in [5, 5.41) is 20.2. The van der Waals surface area contributed by atoms with Crippen molar-refractivity contribution in [2.75, 3.05) is 5.32 Å². The molecular formula is C19H15N5. The van der Waals surface area contributed by atoms with Gasteiger partial charge >= 0.3 is 0 Å². The Morgan fingerprint density at radius 2 is 1.75 bits per heavy atom. The molecule has 0 aliphatic carbocycles. The average molecular weight is 313 g/mol. The summed E-state index contributed by atoms with van der Waals surface area (Å²) in [7, 11) is 0. The number of aryl methyl sites for hydroxylation is 1. The van der Waals surface area contributed by atoms with Crippen molar-refractivity contribution in [2.24, 2.45) is 0 Å². The third-order valence-electron chi connectivity index (χ3n) is 3.52. The van der Waals surface area contributed by atoms with Crippen LogP contribution in [-0.4, -0.2) is 15.7 Å². The molecule has 0 aliphatic rings. The van der Waals surface area contributed by atoms with Gasteiger partial charge in [0.1, 0.15) is 0 Å². The number of benzene rings is 2. The van der Waals surface area contributed by atoms with Crippen molar-refractivity contribution in [1.29, 1.82) is 10.7 Å². The van der Waals surface area contributed by atoms with E-state index in [9.17, 15) is 0 Å². The fraction of sp³-hybridized carbons (Fsp3) is 0.0526. The Morgan fingerprint density at radius 1 is 1.04 bits per heavy atom. The van der Waals surface area contributed by atoms with E-state index in [0.29, 0.717) is 22.9 Å². The molecule has 0 radical (unpaired) electrons. The Labute approximate surface area is 140 Å². The first kappa shape index (κ1) is 15.4. The van der Waals surface area contributed by atoms with Gasteiger partial charge in [0.25, 0.3) is 0 Å². The Kier molecular flexibility index (Phi) is 4.30. The molecule has 0 aliphatic heterocycles. The molecule has 0 atom stereocenters. The average Bonchev–Trinajstić information content (AvgIpc) is 2.63. The lowest BCUT2D eigenvalue weighted by Gasteiger charge is -2.08. The molecule has 116 valence electrons. The summed E-state index contributed by atoms with van der Waals surface area (Å²) in [6, 6.07) is 18.6. The number of aromatic nitrogens is 2. The van der Waals surface area contributed by atoms with Gasteiger partial charge in [-0.05, 0) is 37.3 Å². The number of nitrogens with one attached hydrogen (secondary N) is 2. The third kappa shape index (κ3) is 3.45. The molecule has 0 bridgehead atoms. The predicted molar refractivity (Wildman–Crippen MR) is 93.6 cm³/mol. The minimum atomic E-state index is 0.347. The summed E-state index contributed by atoms with van der Waals surface area (Å²) in [6.45, 7) is 2.01. The van der Waals surface area contributed by atoms with Gasteiger partial charge in [-0.15, -0.1) is 0 Å². The lowest BCUT2D eigenvalue weighted by Crippen LogP contribution is -2.07. The molecule has 5 nitrogen and oxygen atoms in total. The standard InChI is InChI=1S/C19H15N5/c1-13-2-6-15(7-3-13)18(21)17-10-11-22-19(24-17)23-16-8-4-14(12-20)5-9-16/h2-11,21H,1H3,(H,22,23,24). The fourth-order valence-electron chi connectivity index (χ4n) is 2.18. The van der Waals surface area contributed by atoms with Crippen molar-refractivity contribution in [3.63, 3.8) is 0 Å². The number of anilines is 2.